The zero-order chi connectivity index (χ0) is 19.2. The topological polar surface area (TPSA) is 79.4 Å². The highest BCUT2D eigenvalue weighted by atomic mass is 16.5. The average molecular weight is 381 g/mol. The number of anilines is 4. The van der Waals surface area contributed by atoms with Gasteiger partial charge in [-0.2, -0.15) is 5.10 Å². The molecule has 0 radical (unpaired) electrons. The third kappa shape index (κ3) is 4.78. The van der Waals surface area contributed by atoms with E-state index in [1.165, 1.54) is 6.42 Å². The molecule has 1 amide bonds. The van der Waals surface area contributed by atoms with Crippen molar-refractivity contribution < 1.29 is 9.53 Å². The zero-order valence-electron chi connectivity index (χ0n) is 16.1. The SMILES string of the molecule is O=C(Nc1ccc(Nc2cc(N3CCOCC3)cnn2)cc1)C1CCCCC1. The summed E-state index contributed by atoms with van der Waals surface area (Å²) in [5.74, 6) is 0.997. The molecule has 1 aromatic carbocycles. The Morgan fingerprint density at radius 1 is 1.04 bits per heavy atom. The quantitative estimate of drug-likeness (QED) is 0.824. The van der Waals surface area contributed by atoms with E-state index in [0.717, 1.165) is 69.0 Å². The average Bonchev–Trinajstić information content (AvgIpc) is 2.76. The van der Waals surface area contributed by atoms with Gasteiger partial charge >= 0.3 is 0 Å². The molecule has 1 aliphatic heterocycles. The van der Waals surface area contributed by atoms with Crippen LogP contribution >= 0.6 is 0 Å². The summed E-state index contributed by atoms with van der Waals surface area (Å²) in [6.45, 7) is 3.19. The number of carbonyl (C=O) groups is 1. The molecule has 1 saturated heterocycles. The summed E-state index contributed by atoms with van der Waals surface area (Å²) in [4.78, 5) is 14.6. The number of morpholine rings is 1. The van der Waals surface area contributed by atoms with Crippen LogP contribution in [0.2, 0.25) is 0 Å². The van der Waals surface area contributed by atoms with Crippen LogP contribution in [0.3, 0.4) is 0 Å². The van der Waals surface area contributed by atoms with Gasteiger partial charge in [0.2, 0.25) is 5.91 Å². The maximum atomic E-state index is 12.4. The number of benzene rings is 1. The molecule has 7 nitrogen and oxygen atoms in total. The number of rotatable bonds is 5. The second-order valence-corrected chi connectivity index (χ2v) is 7.42. The van der Waals surface area contributed by atoms with Gasteiger partial charge in [0.05, 0.1) is 25.1 Å². The Labute approximate surface area is 165 Å². The van der Waals surface area contributed by atoms with Gasteiger partial charge in [-0.25, -0.2) is 0 Å². The minimum Gasteiger partial charge on any atom is -0.378 e. The van der Waals surface area contributed by atoms with Gasteiger partial charge in [-0.05, 0) is 37.1 Å². The summed E-state index contributed by atoms with van der Waals surface area (Å²) in [5, 5.41) is 14.6. The zero-order valence-corrected chi connectivity index (χ0v) is 16.1. The molecule has 1 aliphatic carbocycles. The van der Waals surface area contributed by atoms with Crippen LogP contribution in [0.4, 0.5) is 22.9 Å². The molecule has 0 atom stereocenters. The Morgan fingerprint density at radius 2 is 1.75 bits per heavy atom. The number of hydrogen-bond donors (Lipinski definition) is 2. The fraction of sp³-hybridized carbons (Fsp3) is 0.476. The number of amides is 1. The predicted octanol–water partition coefficient (Wildman–Crippen LogP) is 3.58. The summed E-state index contributed by atoms with van der Waals surface area (Å²) in [6.07, 6.45) is 7.35. The van der Waals surface area contributed by atoms with Crippen molar-refractivity contribution in [2.45, 2.75) is 32.1 Å². The lowest BCUT2D eigenvalue weighted by Gasteiger charge is -2.28. The first-order valence-electron chi connectivity index (χ1n) is 10.1. The molecule has 1 saturated carbocycles. The van der Waals surface area contributed by atoms with Crippen LogP contribution in [0.15, 0.2) is 36.5 Å². The molecule has 0 bridgehead atoms. The first-order valence-corrected chi connectivity index (χ1v) is 10.1. The van der Waals surface area contributed by atoms with Gasteiger partial charge in [-0.1, -0.05) is 19.3 Å². The number of hydrogen-bond acceptors (Lipinski definition) is 6. The fourth-order valence-corrected chi connectivity index (χ4v) is 3.81. The second kappa shape index (κ2) is 9.01. The first kappa shape index (κ1) is 18.7. The molecule has 2 aliphatic rings. The van der Waals surface area contributed by atoms with E-state index < -0.39 is 0 Å². The van der Waals surface area contributed by atoms with E-state index in [1.54, 1.807) is 6.20 Å². The van der Waals surface area contributed by atoms with Crippen molar-refractivity contribution >= 4 is 28.8 Å². The largest absolute Gasteiger partial charge is 0.378 e. The molecule has 2 fully saturated rings. The molecule has 2 aromatic rings. The highest BCUT2D eigenvalue weighted by Gasteiger charge is 2.21. The van der Waals surface area contributed by atoms with E-state index in [-0.39, 0.29) is 11.8 Å². The molecule has 1 aromatic heterocycles. The normalized spacial score (nSPS) is 17.9. The van der Waals surface area contributed by atoms with Crippen LogP contribution in [0, 0.1) is 5.92 Å². The van der Waals surface area contributed by atoms with Gasteiger partial charge in [-0.3, -0.25) is 4.79 Å². The van der Waals surface area contributed by atoms with Gasteiger partial charge < -0.3 is 20.3 Å². The van der Waals surface area contributed by atoms with Gasteiger partial charge in [0.15, 0.2) is 5.82 Å². The van der Waals surface area contributed by atoms with Crippen molar-refractivity contribution in [3.05, 3.63) is 36.5 Å². The maximum Gasteiger partial charge on any atom is 0.227 e. The molecule has 148 valence electrons. The molecular weight excluding hydrogens is 354 g/mol. The van der Waals surface area contributed by atoms with Crippen LogP contribution in [0.1, 0.15) is 32.1 Å². The molecule has 2 heterocycles. The van der Waals surface area contributed by atoms with Crippen LogP contribution in [0.25, 0.3) is 0 Å². The van der Waals surface area contributed by atoms with Gasteiger partial charge in [0.1, 0.15) is 0 Å². The third-order valence-corrected chi connectivity index (χ3v) is 5.42. The third-order valence-electron chi connectivity index (χ3n) is 5.42. The lowest BCUT2D eigenvalue weighted by molar-refractivity contribution is -0.120. The number of nitrogens with zero attached hydrogens (tertiary/aromatic N) is 3. The highest BCUT2D eigenvalue weighted by Crippen LogP contribution is 2.26. The minimum atomic E-state index is 0.143. The van der Waals surface area contributed by atoms with E-state index in [1.807, 2.05) is 30.3 Å². The van der Waals surface area contributed by atoms with Crippen molar-refractivity contribution in [3.63, 3.8) is 0 Å². The lowest BCUT2D eigenvalue weighted by Crippen LogP contribution is -2.36. The Kier molecular flexibility index (Phi) is 6.01. The highest BCUT2D eigenvalue weighted by molar-refractivity contribution is 5.92. The number of carbonyl (C=O) groups excluding carboxylic acids is 1. The van der Waals surface area contributed by atoms with Crippen molar-refractivity contribution in [2.24, 2.45) is 5.92 Å². The Morgan fingerprint density at radius 3 is 2.50 bits per heavy atom. The van der Waals surface area contributed by atoms with Crippen LogP contribution in [-0.2, 0) is 9.53 Å². The lowest BCUT2D eigenvalue weighted by atomic mass is 9.88. The Balaban J connectivity index is 1.36. The molecule has 4 rings (SSSR count). The predicted molar refractivity (Wildman–Crippen MR) is 110 cm³/mol. The van der Waals surface area contributed by atoms with Crippen molar-refractivity contribution in [2.75, 3.05) is 41.8 Å². The van der Waals surface area contributed by atoms with Crippen molar-refractivity contribution in [3.8, 4) is 0 Å². The van der Waals surface area contributed by atoms with Crippen molar-refractivity contribution in [1.29, 1.82) is 0 Å². The number of nitrogens with one attached hydrogen (secondary N) is 2. The van der Waals surface area contributed by atoms with Crippen molar-refractivity contribution in [1.82, 2.24) is 10.2 Å². The van der Waals surface area contributed by atoms with E-state index in [0.29, 0.717) is 5.82 Å². The standard InChI is InChI=1S/C21H27N5O2/c27-21(16-4-2-1-3-5-16)24-18-8-6-17(7-9-18)23-20-14-19(15-22-25-20)26-10-12-28-13-11-26/h6-9,14-16H,1-5,10-13H2,(H,23,25)(H,24,27). The van der Waals surface area contributed by atoms with Gasteiger partial charge in [0.25, 0.3) is 0 Å². The Hall–Kier alpha value is -2.67. The summed E-state index contributed by atoms with van der Waals surface area (Å²) in [7, 11) is 0. The Bertz CT molecular complexity index is 784. The maximum absolute atomic E-state index is 12.4. The summed E-state index contributed by atoms with van der Waals surface area (Å²) in [6, 6.07) is 9.72. The van der Waals surface area contributed by atoms with E-state index in [2.05, 4.69) is 25.7 Å². The summed E-state index contributed by atoms with van der Waals surface area (Å²) >= 11 is 0. The monoisotopic (exact) mass is 381 g/mol. The van der Waals surface area contributed by atoms with Crippen LogP contribution < -0.4 is 15.5 Å². The van der Waals surface area contributed by atoms with E-state index in [4.69, 9.17) is 4.74 Å². The molecular formula is C21H27N5O2. The van der Waals surface area contributed by atoms with Gasteiger partial charge in [-0.15, -0.1) is 5.10 Å². The molecule has 7 heteroatoms. The van der Waals surface area contributed by atoms with Gasteiger partial charge in [0, 0.05) is 36.4 Å². The van der Waals surface area contributed by atoms with Crippen LogP contribution in [0.5, 0.6) is 0 Å². The van der Waals surface area contributed by atoms with E-state index >= 15 is 0 Å². The first-order chi connectivity index (χ1) is 13.8. The molecule has 0 unspecified atom stereocenters. The number of aromatic nitrogens is 2. The van der Waals surface area contributed by atoms with E-state index in [9.17, 15) is 4.79 Å². The fourth-order valence-electron chi connectivity index (χ4n) is 3.81. The summed E-state index contributed by atoms with van der Waals surface area (Å²) in [5.41, 5.74) is 2.77. The summed E-state index contributed by atoms with van der Waals surface area (Å²) < 4.78 is 5.40. The second-order valence-electron chi connectivity index (χ2n) is 7.42. The molecule has 28 heavy (non-hydrogen) atoms. The smallest absolute Gasteiger partial charge is 0.227 e. The number of ether oxygens (including phenoxy) is 1. The van der Waals surface area contributed by atoms with Crippen LogP contribution in [-0.4, -0.2) is 42.4 Å². The molecule has 0 spiro atoms. The molecule has 2 N–H and O–H groups in total. The minimum absolute atomic E-state index is 0.143.